The molecule has 0 fully saturated rings. The fourth-order valence-electron chi connectivity index (χ4n) is 2.07. The Hall–Kier alpha value is -1.33. The van der Waals surface area contributed by atoms with Gasteiger partial charge < -0.3 is 10.3 Å². The van der Waals surface area contributed by atoms with E-state index in [2.05, 4.69) is 36.1 Å². The highest BCUT2D eigenvalue weighted by Gasteiger charge is 2.27. The zero-order chi connectivity index (χ0) is 14.6. The average molecular weight is 291 g/mol. The smallest absolute Gasteiger partial charge is 0.246 e. The maximum atomic E-state index is 6.20. The Bertz CT molecular complexity index is 549. The second-order valence-corrected chi connectivity index (χ2v) is 6.39. The van der Waals surface area contributed by atoms with Gasteiger partial charge in [-0.2, -0.15) is 4.98 Å². The van der Waals surface area contributed by atoms with E-state index in [-0.39, 0.29) is 0 Å². The molecule has 0 saturated carbocycles. The monoisotopic (exact) mass is 291 g/mol. The summed E-state index contributed by atoms with van der Waals surface area (Å²) in [6.07, 6.45) is 1.80. The molecule has 1 heterocycles. The second kappa shape index (κ2) is 6.41. The number of hydrogen-bond acceptors (Lipinski definition) is 5. The van der Waals surface area contributed by atoms with Crippen LogP contribution in [-0.2, 0) is 5.54 Å². The summed E-state index contributed by atoms with van der Waals surface area (Å²) in [6.45, 7) is 6.15. The highest BCUT2D eigenvalue weighted by Crippen LogP contribution is 2.26. The van der Waals surface area contributed by atoms with Gasteiger partial charge in [0.15, 0.2) is 0 Å². The fourth-order valence-corrected chi connectivity index (χ4v) is 2.73. The van der Waals surface area contributed by atoms with Crippen LogP contribution in [0.3, 0.4) is 0 Å². The lowest BCUT2D eigenvalue weighted by Gasteiger charge is -2.18. The van der Waals surface area contributed by atoms with E-state index in [4.69, 9.17) is 10.3 Å². The Morgan fingerprint density at radius 2 is 1.95 bits per heavy atom. The molecule has 1 aromatic carbocycles. The lowest BCUT2D eigenvalue weighted by molar-refractivity contribution is 0.284. The quantitative estimate of drug-likeness (QED) is 0.820. The van der Waals surface area contributed by atoms with Crippen LogP contribution in [0.2, 0.25) is 0 Å². The van der Waals surface area contributed by atoms with E-state index >= 15 is 0 Å². The first-order valence-corrected chi connectivity index (χ1v) is 7.91. The predicted molar refractivity (Wildman–Crippen MR) is 82.6 cm³/mol. The summed E-state index contributed by atoms with van der Waals surface area (Å²) in [5.74, 6) is 2.16. The topological polar surface area (TPSA) is 64.9 Å². The van der Waals surface area contributed by atoms with E-state index < -0.39 is 5.54 Å². The molecular formula is C15H21N3OS. The van der Waals surface area contributed by atoms with Gasteiger partial charge >= 0.3 is 0 Å². The third kappa shape index (κ3) is 3.41. The van der Waals surface area contributed by atoms with E-state index in [1.807, 2.05) is 30.8 Å². The molecule has 20 heavy (non-hydrogen) atoms. The Morgan fingerprint density at radius 3 is 2.55 bits per heavy atom. The number of rotatable bonds is 6. The number of thioether (sulfide) groups is 1. The van der Waals surface area contributed by atoms with E-state index in [0.717, 1.165) is 24.2 Å². The van der Waals surface area contributed by atoms with Crippen LogP contribution in [0.25, 0.3) is 11.4 Å². The molecule has 0 aliphatic heterocycles. The normalized spacial score (nSPS) is 14.2. The summed E-state index contributed by atoms with van der Waals surface area (Å²) in [7, 11) is 0. The van der Waals surface area contributed by atoms with Crippen LogP contribution in [0.1, 0.15) is 39.5 Å². The van der Waals surface area contributed by atoms with Crippen molar-refractivity contribution in [3.8, 4) is 11.4 Å². The summed E-state index contributed by atoms with van der Waals surface area (Å²) in [5.41, 5.74) is 6.60. The minimum Gasteiger partial charge on any atom is -0.337 e. The van der Waals surface area contributed by atoms with Crippen molar-refractivity contribution in [2.45, 2.75) is 44.0 Å². The first-order chi connectivity index (χ1) is 9.56. The Balaban J connectivity index is 2.20. The average Bonchev–Trinajstić information content (AvgIpc) is 2.90. The number of benzene rings is 1. The highest BCUT2D eigenvalue weighted by molar-refractivity contribution is 7.99. The van der Waals surface area contributed by atoms with E-state index in [1.54, 1.807) is 0 Å². The van der Waals surface area contributed by atoms with E-state index in [9.17, 15) is 0 Å². The van der Waals surface area contributed by atoms with Gasteiger partial charge in [-0.3, -0.25) is 0 Å². The Labute approximate surface area is 124 Å². The largest absolute Gasteiger partial charge is 0.337 e. The molecule has 1 aromatic heterocycles. The zero-order valence-electron chi connectivity index (χ0n) is 12.2. The first-order valence-electron chi connectivity index (χ1n) is 6.93. The predicted octanol–water partition coefficient (Wildman–Crippen LogP) is 3.82. The summed E-state index contributed by atoms with van der Waals surface area (Å²) in [6, 6.07) is 8.18. The van der Waals surface area contributed by atoms with Crippen molar-refractivity contribution >= 4 is 11.8 Å². The van der Waals surface area contributed by atoms with Crippen molar-refractivity contribution in [3.05, 3.63) is 30.2 Å². The van der Waals surface area contributed by atoms with Crippen molar-refractivity contribution in [3.63, 3.8) is 0 Å². The molecule has 5 heteroatoms. The van der Waals surface area contributed by atoms with E-state index in [0.29, 0.717) is 11.7 Å². The number of aromatic nitrogens is 2. The lowest BCUT2D eigenvalue weighted by atomic mass is 9.98. The van der Waals surface area contributed by atoms with Gasteiger partial charge in [-0.25, -0.2) is 0 Å². The Kier molecular flexibility index (Phi) is 4.83. The first kappa shape index (κ1) is 15.1. The van der Waals surface area contributed by atoms with Crippen LogP contribution >= 0.6 is 11.8 Å². The van der Waals surface area contributed by atoms with E-state index in [1.165, 1.54) is 4.90 Å². The van der Waals surface area contributed by atoms with Gasteiger partial charge in [0, 0.05) is 10.5 Å². The number of nitrogens with zero attached hydrogens (tertiary/aromatic N) is 2. The molecule has 0 bridgehead atoms. The molecule has 0 radical (unpaired) electrons. The standard InChI is InChI=1S/C15H21N3OS/c1-4-10-15(3,16)14-17-13(18-19-14)11-6-8-12(9-7-11)20-5-2/h6-9H,4-5,10,16H2,1-3H3. The molecule has 4 nitrogen and oxygen atoms in total. The number of nitrogens with two attached hydrogens (primary N) is 1. The molecule has 2 N–H and O–H groups in total. The Morgan fingerprint density at radius 1 is 1.25 bits per heavy atom. The van der Waals surface area contributed by atoms with Gasteiger partial charge in [0.05, 0.1) is 5.54 Å². The van der Waals surface area contributed by atoms with Gasteiger partial charge in [-0.15, -0.1) is 11.8 Å². The van der Waals surface area contributed by atoms with Crippen LogP contribution in [0.15, 0.2) is 33.7 Å². The molecule has 0 saturated heterocycles. The SMILES string of the molecule is CCCC(C)(N)c1nc(-c2ccc(SCC)cc2)no1. The van der Waals surface area contributed by atoms with Gasteiger partial charge in [-0.1, -0.05) is 25.4 Å². The molecule has 2 rings (SSSR count). The molecule has 0 aliphatic rings. The fraction of sp³-hybridized carbons (Fsp3) is 0.467. The van der Waals surface area contributed by atoms with Gasteiger partial charge in [-0.05, 0) is 43.4 Å². The van der Waals surface area contributed by atoms with Crippen molar-refractivity contribution < 1.29 is 4.52 Å². The van der Waals surface area contributed by atoms with Crippen LogP contribution < -0.4 is 5.73 Å². The summed E-state index contributed by atoms with van der Waals surface area (Å²) >= 11 is 1.81. The molecule has 0 amide bonds. The third-order valence-corrected chi connectivity index (χ3v) is 4.00. The summed E-state index contributed by atoms with van der Waals surface area (Å²) in [5, 5.41) is 4.04. The summed E-state index contributed by atoms with van der Waals surface area (Å²) < 4.78 is 5.32. The molecule has 1 unspecified atom stereocenters. The van der Waals surface area contributed by atoms with Crippen molar-refractivity contribution in [1.29, 1.82) is 0 Å². The van der Waals surface area contributed by atoms with Crippen molar-refractivity contribution in [2.24, 2.45) is 5.73 Å². The minimum atomic E-state index is -0.558. The number of hydrogen-bond donors (Lipinski definition) is 1. The van der Waals surface area contributed by atoms with Crippen molar-refractivity contribution in [2.75, 3.05) is 5.75 Å². The van der Waals surface area contributed by atoms with Gasteiger partial charge in [0.25, 0.3) is 0 Å². The van der Waals surface area contributed by atoms with Gasteiger partial charge in [0.2, 0.25) is 11.7 Å². The van der Waals surface area contributed by atoms with Crippen LogP contribution in [0, 0.1) is 0 Å². The second-order valence-electron chi connectivity index (χ2n) is 5.05. The van der Waals surface area contributed by atoms with Crippen molar-refractivity contribution in [1.82, 2.24) is 10.1 Å². The van der Waals surface area contributed by atoms with Crippen LogP contribution in [0.5, 0.6) is 0 Å². The maximum Gasteiger partial charge on any atom is 0.246 e. The highest BCUT2D eigenvalue weighted by atomic mass is 32.2. The molecule has 108 valence electrons. The third-order valence-electron chi connectivity index (χ3n) is 3.11. The molecular weight excluding hydrogens is 270 g/mol. The summed E-state index contributed by atoms with van der Waals surface area (Å²) in [4.78, 5) is 5.68. The molecule has 1 atom stereocenters. The van der Waals surface area contributed by atoms with Gasteiger partial charge in [0.1, 0.15) is 0 Å². The molecule has 0 aliphatic carbocycles. The molecule has 2 aromatic rings. The maximum absolute atomic E-state index is 6.20. The molecule has 0 spiro atoms. The zero-order valence-corrected chi connectivity index (χ0v) is 13.0. The van der Waals surface area contributed by atoms with Crippen LogP contribution in [-0.4, -0.2) is 15.9 Å². The minimum absolute atomic E-state index is 0.501. The van der Waals surface area contributed by atoms with Crippen LogP contribution in [0.4, 0.5) is 0 Å². The lowest BCUT2D eigenvalue weighted by Crippen LogP contribution is -2.33.